The number of pyridine rings is 1. The van der Waals surface area contributed by atoms with Crippen LogP contribution in [-0.4, -0.2) is 60.4 Å². The number of benzene rings is 1. The van der Waals surface area contributed by atoms with Crippen LogP contribution in [0.5, 0.6) is 0 Å². The van der Waals surface area contributed by atoms with Crippen molar-refractivity contribution in [2.45, 2.75) is 58.2 Å². The van der Waals surface area contributed by atoms with Crippen LogP contribution in [-0.2, 0) is 30.1 Å². The zero-order valence-electron chi connectivity index (χ0n) is 22.3. The summed E-state index contributed by atoms with van der Waals surface area (Å²) in [6.07, 6.45) is -0.286. The molecule has 1 fully saturated rings. The third-order valence-electron chi connectivity index (χ3n) is 5.97. The summed E-state index contributed by atoms with van der Waals surface area (Å²) >= 11 is 0. The van der Waals surface area contributed by atoms with Gasteiger partial charge in [-0.2, -0.15) is 0 Å². The molecule has 12 heteroatoms. The minimum atomic E-state index is -3.99. The van der Waals surface area contributed by atoms with Crippen molar-refractivity contribution in [3.05, 3.63) is 75.8 Å². The predicted molar refractivity (Wildman–Crippen MR) is 144 cm³/mol. The molecular formula is C26H35N5O6S. The highest BCUT2D eigenvalue weighted by Crippen LogP contribution is 2.41. The average Bonchev–Trinajstić information content (AvgIpc) is 3.02. The Balaban J connectivity index is 2.09. The van der Waals surface area contributed by atoms with Crippen molar-refractivity contribution in [1.29, 1.82) is 0 Å². The van der Waals surface area contributed by atoms with Gasteiger partial charge in [0.1, 0.15) is 17.5 Å². The first-order chi connectivity index (χ1) is 17.7. The van der Waals surface area contributed by atoms with Crippen molar-refractivity contribution >= 4 is 28.1 Å². The lowest BCUT2D eigenvalue weighted by Crippen LogP contribution is -2.42. The molecule has 0 saturated carbocycles. The number of H-pyrrole nitrogens is 1. The summed E-state index contributed by atoms with van der Waals surface area (Å²) in [5.41, 5.74) is 0.391. The Morgan fingerprint density at radius 3 is 2.50 bits per heavy atom. The monoisotopic (exact) mass is 545 g/mol. The number of aromatic amines is 1. The second-order valence-corrected chi connectivity index (χ2v) is 11.9. The number of rotatable bonds is 10. The Kier molecular flexibility index (Phi) is 8.68. The summed E-state index contributed by atoms with van der Waals surface area (Å²) in [4.78, 5) is 43.3. The van der Waals surface area contributed by atoms with Crippen LogP contribution in [0.25, 0.3) is 0 Å². The predicted octanol–water partition coefficient (Wildman–Crippen LogP) is 2.19. The molecule has 206 valence electrons. The first kappa shape index (κ1) is 28.9. The van der Waals surface area contributed by atoms with E-state index in [1.54, 1.807) is 73.9 Å². The third kappa shape index (κ3) is 7.01. The van der Waals surface area contributed by atoms with Gasteiger partial charge in [0, 0.05) is 23.0 Å². The van der Waals surface area contributed by atoms with E-state index in [4.69, 9.17) is 4.74 Å². The normalized spacial score (nSPS) is 18.3. The molecule has 1 aromatic carbocycles. The number of aryl methyl sites for hydroxylation is 1. The molecule has 2 atom stereocenters. The number of esters is 1. The van der Waals surface area contributed by atoms with Crippen LogP contribution in [0.3, 0.4) is 0 Å². The Bertz CT molecular complexity index is 1350. The van der Waals surface area contributed by atoms with Crippen LogP contribution in [0.2, 0.25) is 0 Å². The van der Waals surface area contributed by atoms with Crippen molar-refractivity contribution in [2.24, 2.45) is 0 Å². The summed E-state index contributed by atoms with van der Waals surface area (Å²) in [7, 11) is -3.99. The fourth-order valence-electron chi connectivity index (χ4n) is 4.40. The van der Waals surface area contributed by atoms with E-state index in [1.165, 1.54) is 0 Å². The number of amides is 1. The van der Waals surface area contributed by atoms with Crippen LogP contribution < -0.4 is 15.6 Å². The maximum atomic E-state index is 13.1. The fraction of sp³-hybridized carbons (Fsp3) is 0.423. The van der Waals surface area contributed by atoms with Crippen LogP contribution in [0, 0.1) is 6.92 Å². The van der Waals surface area contributed by atoms with Gasteiger partial charge < -0.3 is 19.9 Å². The fourth-order valence-corrected chi connectivity index (χ4v) is 5.63. The maximum Gasteiger partial charge on any atom is 0.320 e. The smallest absolute Gasteiger partial charge is 0.320 e. The van der Waals surface area contributed by atoms with E-state index >= 15 is 0 Å². The van der Waals surface area contributed by atoms with Gasteiger partial charge in [-0.3, -0.25) is 24.0 Å². The number of carbonyl (C=O) groups is 2. The maximum absolute atomic E-state index is 13.1. The second kappa shape index (κ2) is 11.4. The number of ether oxygens (including phenoxy) is 1. The lowest BCUT2D eigenvalue weighted by atomic mass is 10.1. The number of nitrogens with zero attached hydrogens (tertiary/aromatic N) is 2. The summed E-state index contributed by atoms with van der Waals surface area (Å²) in [5, 5.41) is 2.60. The zero-order valence-corrected chi connectivity index (χ0v) is 23.1. The molecule has 3 N–H and O–H groups in total. The van der Waals surface area contributed by atoms with E-state index in [9.17, 15) is 22.8 Å². The number of nitrogens with one attached hydrogen (secondary N) is 3. The molecule has 1 aromatic heterocycles. The number of carbonyl (C=O) groups excluding carboxylic acids is 2. The lowest BCUT2D eigenvalue weighted by molar-refractivity contribution is -0.157. The van der Waals surface area contributed by atoms with Gasteiger partial charge in [0.25, 0.3) is 5.56 Å². The van der Waals surface area contributed by atoms with Crippen molar-refractivity contribution in [3.8, 4) is 0 Å². The van der Waals surface area contributed by atoms with Gasteiger partial charge in [-0.25, -0.2) is 8.42 Å². The molecular weight excluding hydrogens is 510 g/mol. The average molecular weight is 546 g/mol. The standard InChI is InChI=1S/C26H35N5O6S/c1-17-12-21(23(24(34)28-17)29-38(35,36)14-20-10-8-7-9-11-20)25-30(13-22(33)37-26(4,5)6)18(2)19(3)31(25)15-27-16-32/h7-12,16,18,25,29H,3,13-15H2,1-2,4-6H3,(H,27,32)(H,28,34). The first-order valence-electron chi connectivity index (χ1n) is 12.1. The molecule has 2 aromatic rings. The topological polar surface area (TPSA) is 141 Å². The highest BCUT2D eigenvalue weighted by atomic mass is 32.2. The van der Waals surface area contributed by atoms with Crippen molar-refractivity contribution in [1.82, 2.24) is 20.1 Å². The van der Waals surface area contributed by atoms with Gasteiger partial charge >= 0.3 is 5.97 Å². The lowest BCUT2D eigenvalue weighted by Gasteiger charge is -2.33. The molecule has 11 nitrogen and oxygen atoms in total. The summed E-state index contributed by atoms with van der Waals surface area (Å²) in [6.45, 7) is 12.8. The molecule has 2 heterocycles. The van der Waals surface area contributed by atoms with Gasteiger partial charge in [0.05, 0.1) is 19.0 Å². The SMILES string of the molecule is C=C1C(C)N(CC(=O)OC(C)(C)C)C(c2cc(C)[nH]c(=O)c2NS(=O)(=O)Cc2ccccc2)N1CNC=O. The van der Waals surface area contributed by atoms with E-state index in [2.05, 4.69) is 21.6 Å². The largest absolute Gasteiger partial charge is 0.459 e. The molecule has 1 amide bonds. The van der Waals surface area contributed by atoms with E-state index in [0.29, 0.717) is 28.9 Å². The number of hydrogen-bond donors (Lipinski definition) is 3. The summed E-state index contributed by atoms with van der Waals surface area (Å²) in [5.74, 6) is -0.841. The first-order valence-corrected chi connectivity index (χ1v) is 13.8. The Morgan fingerprint density at radius 2 is 1.89 bits per heavy atom. The highest BCUT2D eigenvalue weighted by molar-refractivity contribution is 7.91. The Morgan fingerprint density at radius 1 is 1.24 bits per heavy atom. The van der Waals surface area contributed by atoms with E-state index in [0.717, 1.165) is 0 Å². The second-order valence-electron chi connectivity index (χ2n) is 10.2. The molecule has 1 aliphatic rings. The Hall–Kier alpha value is -3.64. The number of hydrogen-bond acceptors (Lipinski definition) is 8. The van der Waals surface area contributed by atoms with Crippen LogP contribution in [0.15, 0.2) is 53.5 Å². The van der Waals surface area contributed by atoms with Gasteiger partial charge in [0.15, 0.2) is 0 Å². The molecule has 1 aliphatic heterocycles. The van der Waals surface area contributed by atoms with E-state index < -0.39 is 39.4 Å². The number of sulfonamides is 1. The van der Waals surface area contributed by atoms with Gasteiger partial charge in [-0.15, -0.1) is 0 Å². The molecule has 0 aliphatic carbocycles. The van der Waals surface area contributed by atoms with Crippen molar-refractivity contribution < 1.29 is 22.7 Å². The van der Waals surface area contributed by atoms with Crippen molar-refractivity contribution in [3.63, 3.8) is 0 Å². The molecule has 38 heavy (non-hydrogen) atoms. The molecule has 0 spiro atoms. The third-order valence-corrected chi connectivity index (χ3v) is 7.20. The Labute approximate surface area is 222 Å². The van der Waals surface area contributed by atoms with Crippen molar-refractivity contribution in [2.75, 3.05) is 17.9 Å². The van der Waals surface area contributed by atoms with E-state index in [-0.39, 0.29) is 24.7 Å². The van der Waals surface area contributed by atoms with Crippen LogP contribution >= 0.6 is 0 Å². The quantitative estimate of drug-likeness (QED) is 0.305. The minimum absolute atomic E-state index is 0.0181. The summed E-state index contributed by atoms with van der Waals surface area (Å²) in [6, 6.07) is 9.85. The molecule has 0 bridgehead atoms. The minimum Gasteiger partial charge on any atom is -0.459 e. The highest BCUT2D eigenvalue weighted by Gasteiger charge is 2.43. The molecule has 1 saturated heterocycles. The van der Waals surface area contributed by atoms with E-state index in [1.807, 2.05) is 6.92 Å². The van der Waals surface area contributed by atoms with Gasteiger partial charge in [-0.05, 0) is 46.2 Å². The number of aromatic nitrogens is 1. The number of anilines is 1. The molecule has 3 rings (SSSR count). The van der Waals surface area contributed by atoms with Gasteiger partial charge in [-0.1, -0.05) is 36.9 Å². The zero-order chi connectivity index (χ0) is 28.3. The molecule has 0 radical (unpaired) electrons. The summed E-state index contributed by atoms with van der Waals surface area (Å²) < 4.78 is 34.3. The molecule has 2 unspecified atom stereocenters. The van der Waals surface area contributed by atoms with Gasteiger partial charge in [0.2, 0.25) is 16.4 Å². The van der Waals surface area contributed by atoms with Crippen LogP contribution in [0.1, 0.15) is 50.7 Å². The van der Waals surface area contributed by atoms with Crippen LogP contribution in [0.4, 0.5) is 5.69 Å².